The highest BCUT2D eigenvalue weighted by Crippen LogP contribution is 2.24. The average Bonchev–Trinajstić information content (AvgIpc) is 2.22. The van der Waals surface area contributed by atoms with E-state index in [-0.39, 0.29) is 4.60 Å². The van der Waals surface area contributed by atoms with E-state index in [4.69, 9.17) is 0 Å². The average molecular weight is 267 g/mol. The molecule has 1 aromatic heterocycles. The van der Waals surface area contributed by atoms with Crippen LogP contribution in [0.1, 0.15) is 5.56 Å². The molecule has 2 aromatic rings. The normalized spacial score (nSPS) is 10.3. The molecular weight excluding hydrogens is 259 g/mol. The van der Waals surface area contributed by atoms with Crippen LogP contribution in [-0.4, -0.2) is 9.97 Å². The van der Waals surface area contributed by atoms with Crippen molar-refractivity contribution in [3.63, 3.8) is 0 Å². The predicted octanol–water partition coefficient (Wildman–Crippen LogP) is 3.35. The van der Waals surface area contributed by atoms with Crippen molar-refractivity contribution in [1.82, 2.24) is 9.97 Å². The molecule has 0 atom stereocenters. The van der Waals surface area contributed by atoms with Crippen molar-refractivity contribution in [1.29, 1.82) is 0 Å². The molecule has 1 aromatic carbocycles. The van der Waals surface area contributed by atoms with E-state index in [1.54, 1.807) is 0 Å². The lowest BCUT2D eigenvalue weighted by Crippen LogP contribution is -1.93. The van der Waals surface area contributed by atoms with Crippen LogP contribution < -0.4 is 0 Å². The van der Waals surface area contributed by atoms with E-state index >= 15 is 0 Å². The molecule has 0 aliphatic rings. The Morgan fingerprint density at radius 1 is 1.27 bits per heavy atom. The molecule has 0 aliphatic carbocycles. The van der Waals surface area contributed by atoms with E-state index in [1.807, 2.05) is 31.2 Å². The van der Waals surface area contributed by atoms with Gasteiger partial charge in [-0.3, -0.25) is 0 Å². The first-order chi connectivity index (χ1) is 7.18. The number of rotatable bonds is 1. The number of hydrogen-bond donors (Lipinski definition) is 0. The highest BCUT2D eigenvalue weighted by molar-refractivity contribution is 9.10. The number of aryl methyl sites for hydroxylation is 1. The van der Waals surface area contributed by atoms with Crippen molar-refractivity contribution in [3.05, 3.63) is 46.6 Å². The van der Waals surface area contributed by atoms with E-state index in [1.165, 1.54) is 6.33 Å². The Kier molecular flexibility index (Phi) is 2.77. The van der Waals surface area contributed by atoms with Crippen LogP contribution in [0.25, 0.3) is 11.3 Å². The molecule has 0 spiro atoms. The Hall–Kier alpha value is -1.29. The van der Waals surface area contributed by atoms with Crippen molar-refractivity contribution in [3.8, 4) is 11.3 Å². The summed E-state index contributed by atoms with van der Waals surface area (Å²) in [6, 6.07) is 7.54. The summed E-state index contributed by atoms with van der Waals surface area (Å²) < 4.78 is 13.8. The zero-order chi connectivity index (χ0) is 10.8. The molecule has 2 rings (SSSR count). The van der Waals surface area contributed by atoms with Gasteiger partial charge in [0.1, 0.15) is 16.6 Å². The molecule has 0 amide bonds. The van der Waals surface area contributed by atoms with E-state index < -0.39 is 5.82 Å². The minimum atomic E-state index is -0.428. The molecular formula is C11H8BrFN2. The lowest BCUT2D eigenvalue weighted by Gasteiger charge is -2.03. The van der Waals surface area contributed by atoms with Gasteiger partial charge in [-0.05, 0) is 28.9 Å². The second-order valence-corrected chi connectivity index (χ2v) is 3.95. The molecule has 0 saturated heterocycles. The molecule has 0 fully saturated rings. The Morgan fingerprint density at radius 3 is 2.80 bits per heavy atom. The first kappa shape index (κ1) is 10.2. The quantitative estimate of drug-likeness (QED) is 0.740. The van der Waals surface area contributed by atoms with E-state index in [0.717, 1.165) is 11.1 Å². The molecule has 0 saturated carbocycles. The summed E-state index contributed by atoms with van der Waals surface area (Å²) in [4.78, 5) is 7.65. The number of benzene rings is 1. The summed E-state index contributed by atoms with van der Waals surface area (Å²) in [6.07, 6.45) is 1.34. The summed E-state index contributed by atoms with van der Waals surface area (Å²) in [5, 5.41) is 0. The van der Waals surface area contributed by atoms with Gasteiger partial charge in [0.2, 0.25) is 0 Å². The van der Waals surface area contributed by atoms with Crippen LogP contribution in [0.15, 0.2) is 35.2 Å². The van der Waals surface area contributed by atoms with Gasteiger partial charge in [0.05, 0.1) is 0 Å². The molecule has 1 heterocycles. The van der Waals surface area contributed by atoms with Gasteiger partial charge in [0, 0.05) is 5.56 Å². The third-order valence-corrected chi connectivity index (χ3v) is 2.59. The van der Waals surface area contributed by atoms with Crippen LogP contribution >= 0.6 is 15.9 Å². The van der Waals surface area contributed by atoms with Crippen LogP contribution in [0, 0.1) is 12.7 Å². The molecule has 0 unspecified atom stereocenters. The van der Waals surface area contributed by atoms with Gasteiger partial charge in [-0.2, -0.15) is 0 Å². The van der Waals surface area contributed by atoms with Crippen LogP contribution in [0.5, 0.6) is 0 Å². The van der Waals surface area contributed by atoms with Crippen LogP contribution in [0.3, 0.4) is 0 Å². The molecule has 0 radical (unpaired) electrons. The van der Waals surface area contributed by atoms with Gasteiger partial charge in [-0.1, -0.05) is 23.8 Å². The molecule has 0 aliphatic heterocycles. The van der Waals surface area contributed by atoms with Crippen LogP contribution in [0.2, 0.25) is 0 Å². The minimum absolute atomic E-state index is 0.189. The highest BCUT2D eigenvalue weighted by atomic mass is 79.9. The summed E-state index contributed by atoms with van der Waals surface area (Å²) in [5.74, 6) is -0.428. The number of aromatic nitrogens is 2. The predicted molar refractivity (Wildman–Crippen MR) is 59.9 cm³/mol. The van der Waals surface area contributed by atoms with Gasteiger partial charge in [-0.15, -0.1) is 0 Å². The smallest absolute Gasteiger partial charge is 0.182 e. The molecule has 15 heavy (non-hydrogen) atoms. The Morgan fingerprint density at radius 2 is 2.07 bits per heavy atom. The van der Waals surface area contributed by atoms with Gasteiger partial charge < -0.3 is 0 Å². The molecule has 0 bridgehead atoms. The zero-order valence-electron chi connectivity index (χ0n) is 8.04. The van der Waals surface area contributed by atoms with Gasteiger partial charge in [0.15, 0.2) is 5.82 Å². The number of hydrogen-bond acceptors (Lipinski definition) is 2. The molecule has 2 nitrogen and oxygen atoms in total. The Bertz CT molecular complexity index is 500. The van der Waals surface area contributed by atoms with E-state index in [2.05, 4.69) is 25.9 Å². The second-order valence-electron chi connectivity index (χ2n) is 3.20. The largest absolute Gasteiger partial charge is 0.233 e. The summed E-state index contributed by atoms with van der Waals surface area (Å²) in [5.41, 5.74) is 2.15. The Balaban J connectivity index is 2.59. The molecule has 76 valence electrons. The fourth-order valence-corrected chi connectivity index (χ4v) is 1.62. The topological polar surface area (TPSA) is 25.8 Å². The van der Waals surface area contributed by atoms with Gasteiger partial charge in [-0.25, -0.2) is 14.4 Å². The maximum atomic E-state index is 13.6. The monoisotopic (exact) mass is 266 g/mol. The maximum Gasteiger partial charge on any atom is 0.182 e. The first-order valence-corrected chi connectivity index (χ1v) is 5.21. The highest BCUT2D eigenvalue weighted by Gasteiger charge is 2.10. The fourth-order valence-electron chi connectivity index (χ4n) is 1.34. The standard InChI is InChI=1S/C11H8BrFN2/c1-7-3-2-4-8(5-7)10-9(13)11(12)15-6-14-10/h2-6H,1H3. The lowest BCUT2D eigenvalue weighted by atomic mass is 10.1. The first-order valence-electron chi connectivity index (χ1n) is 4.41. The van der Waals surface area contributed by atoms with Crippen molar-refractivity contribution in [2.45, 2.75) is 6.92 Å². The van der Waals surface area contributed by atoms with Crippen molar-refractivity contribution >= 4 is 15.9 Å². The van der Waals surface area contributed by atoms with Crippen molar-refractivity contribution in [2.75, 3.05) is 0 Å². The summed E-state index contributed by atoms with van der Waals surface area (Å²) >= 11 is 3.04. The fraction of sp³-hybridized carbons (Fsp3) is 0.0909. The van der Waals surface area contributed by atoms with E-state index in [0.29, 0.717) is 5.69 Å². The van der Waals surface area contributed by atoms with Crippen molar-refractivity contribution in [2.24, 2.45) is 0 Å². The van der Waals surface area contributed by atoms with E-state index in [9.17, 15) is 4.39 Å². The zero-order valence-corrected chi connectivity index (χ0v) is 9.62. The van der Waals surface area contributed by atoms with Gasteiger partial charge in [0.25, 0.3) is 0 Å². The minimum Gasteiger partial charge on any atom is -0.233 e. The summed E-state index contributed by atoms with van der Waals surface area (Å²) in [7, 11) is 0. The van der Waals surface area contributed by atoms with Gasteiger partial charge >= 0.3 is 0 Å². The molecule has 4 heteroatoms. The Labute approximate surface area is 95.3 Å². The van der Waals surface area contributed by atoms with Crippen LogP contribution in [0.4, 0.5) is 4.39 Å². The summed E-state index contributed by atoms with van der Waals surface area (Å²) in [6.45, 7) is 1.96. The van der Waals surface area contributed by atoms with Crippen molar-refractivity contribution < 1.29 is 4.39 Å². The lowest BCUT2D eigenvalue weighted by molar-refractivity contribution is 0.609. The number of halogens is 2. The number of nitrogens with zero attached hydrogens (tertiary/aromatic N) is 2. The second kappa shape index (κ2) is 4.06. The maximum absolute atomic E-state index is 13.6. The third-order valence-electron chi connectivity index (χ3n) is 2.04. The third kappa shape index (κ3) is 2.04. The SMILES string of the molecule is Cc1cccc(-c2ncnc(Br)c2F)c1. The molecule has 0 N–H and O–H groups in total. The van der Waals surface area contributed by atoms with Crippen LogP contribution in [-0.2, 0) is 0 Å².